The lowest BCUT2D eigenvalue weighted by molar-refractivity contribution is 0.112. The second kappa shape index (κ2) is 4.57. The number of halogens is 2. The predicted molar refractivity (Wildman–Crippen MR) is 47.2 cm³/mol. The average Bonchev–Trinajstić information content (AvgIpc) is 2.26. The van der Waals surface area contributed by atoms with Crippen LogP contribution in [0.3, 0.4) is 0 Å². The highest BCUT2D eigenvalue weighted by Gasteiger charge is 2.19. The third-order valence-electron chi connectivity index (χ3n) is 1.89. The lowest BCUT2D eigenvalue weighted by atomic mass is 10.0. The number of nitrogens with zero attached hydrogens (tertiary/aromatic N) is 2. The summed E-state index contributed by atoms with van der Waals surface area (Å²) < 4.78 is 24.8. The quantitative estimate of drug-likeness (QED) is 0.761. The zero-order valence-corrected chi connectivity index (χ0v) is 7.58. The van der Waals surface area contributed by atoms with E-state index in [1.807, 2.05) is 0 Å². The van der Waals surface area contributed by atoms with Crippen molar-refractivity contribution >= 4 is 6.29 Å². The zero-order valence-electron chi connectivity index (χ0n) is 7.58. The van der Waals surface area contributed by atoms with Gasteiger partial charge >= 0.3 is 0 Å². The van der Waals surface area contributed by atoms with Crippen molar-refractivity contribution in [1.29, 1.82) is 5.26 Å². The smallest absolute Gasteiger partial charge is 0.281 e. The number of carbonyl (C=O) groups is 1. The summed E-state index contributed by atoms with van der Waals surface area (Å²) in [6.45, 7) is -0.0285. The van der Waals surface area contributed by atoms with Gasteiger partial charge in [-0.15, -0.1) is 0 Å². The first-order chi connectivity index (χ1) is 7.15. The standard InChI is InChI=1S/C9H7F2N3O/c10-9(11)8-6(2-13)7(4-15)5(1-12)3-14-8/h3-4,9H,1,12H2. The Labute approximate surface area is 84.3 Å². The molecule has 0 aliphatic rings. The van der Waals surface area contributed by atoms with Gasteiger partial charge in [0.15, 0.2) is 6.29 Å². The molecular formula is C9H7F2N3O. The van der Waals surface area contributed by atoms with Crippen molar-refractivity contribution in [2.24, 2.45) is 5.73 Å². The molecule has 0 aliphatic heterocycles. The minimum Gasteiger partial charge on any atom is -0.326 e. The van der Waals surface area contributed by atoms with Crippen molar-refractivity contribution in [3.63, 3.8) is 0 Å². The van der Waals surface area contributed by atoms with Gasteiger partial charge in [0.1, 0.15) is 11.8 Å². The van der Waals surface area contributed by atoms with E-state index in [1.165, 1.54) is 0 Å². The summed E-state index contributed by atoms with van der Waals surface area (Å²) in [7, 11) is 0. The number of aldehydes is 1. The Morgan fingerprint density at radius 1 is 1.67 bits per heavy atom. The first kappa shape index (κ1) is 11.2. The van der Waals surface area contributed by atoms with Crippen LogP contribution in [-0.2, 0) is 6.54 Å². The molecule has 0 radical (unpaired) electrons. The molecule has 0 unspecified atom stereocenters. The molecule has 0 spiro atoms. The lowest BCUT2D eigenvalue weighted by Gasteiger charge is -2.07. The van der Waals surface area contributed by atoms with Crippen LogP contribution in [0, 0.1) is 11.3 Å². The molecule has 1 rings (SSSR count). The molecule has 0 amide bonds. The average molecular weight is 211 g/mol. The topological polar surface area (TPSA) is 79.8 Å². The number of aromatic nitrogens is 1. The van der Waals surface area contributed by atoms with E-state index in [0.717, 1.165) is 6.20 Å². The molecule has 0 bridgehead atoms. The number of hydrogen-bond acceptors (Lipinski definition) is 4. The van der Waals surface area contributed by atoms with Gasteiger partial charge in [-0.2, -0.15) is 5.26 Å². The zero-order chi connectivity index (χ0) is 11.4. The Morgan fingerprint density at radius 2 is 2.33 bits per heavy atom. The van der Waals surface area contributed by atoms with Crippen molar-refractivity contribution < 1.29 is 13.6 Å². The summed E-state index contributed by atoms with van der Waals surface area (Å²) >= 11 is 0. The fraction of sp³-hybridized carbons (Fsp3) is 0.222. The predicted octanol–water partition coefficient (Wildman–Crippen LogP) is 1.16. The highest BCUT2D eigenvalue weighted by molar-refractivity contribution is 5.81. The maximum absolute atomic E-state index is 12.4. The number of carbonyl (C=O) groups excluding carboxylic acids is 1. The first-order valence-corrected chi connectivity index (χ1v) is 4.01. The van der Waals surface area contributed by atoms with E-state index in [-0.39, 0.29) is 17.7 Å². The van der Waals surface area contributed by atoms with Crippen molar-refractivity contribution in [3.05, 3.63) is 28.6 Å². The molecule has 1 aromatic rings. The van der Waals surface area contributed by atoms with E-state index in [1.54, 1.807) is 6.07 Å². The first-order valence-electron chi connectivity index (χ1n) is 4.01. The summed E-state index contributed by atoms with van der Waals surface area (Å²) in [6, 6.07) is 1.54. The van der Waals surface area contributed by atoms with Crippen LogP contribution in [0.25, 0.3) is 0 Å². The highest BCUT2D eigenvalue weighted by atomic mass is 19.3. The van der Waals surface area contributed by atoms with Gasteiger partial charge in [0.25, 0.3) is 6.43 Å². The van der Waals surface area contributed by atoms with Crippen LogP contribution in [0.2, 0.25) is 0 Å². The third kappa shape index (κ3) is 1.97. The van der Waals surface area contributed by atoms with Crippen LogP contribution >= 0.6 is 0 Å². The molecule has 0 saturated heterocycles. The van der Waals surface area contributed by atoms with Gasteiger partial charge < -0.3 is 5.73 Å². The maximum atomic E-state index is 12.4. The number of pyridine rings is 1. The number of rotatable bonds is 3. The Balaban J connectivity index is 3.50. The Bertz CT molecular complexity index is 426. The van der Waals surface area contributed by atoms with Gasteiger partial charge in [0.2, 0.25) is 0 Å². The van der Waals surface area contributed by atoms with Gasteiger partial charge in [0.05, 0.1) is 5.56 Å². The largest absolute Gasteiger partial charge is 0.326 e. The Kier molecular flexibility index (Phi) is 3.42. The molecule has 1 heterocycles. The fourth-order valence-corrected chi connectivity index (χ4v) is 1.16. The van der Waals surface area contributed by atoms with Gasteiger partial charge in [-0.05, 0) is 5.56 Å². The second-order valence-corrected chi connectivity index (χ2v) is 2.69. The van der Waals surface area contributed by atoms with Crippen molar-refractivity contribution in [2.45, 2.75) is 13.0 Å². The van der Waals surface area contributed by atoms with E-state index >= 15 is 0 Å². The van der Waals surface area contributed by atoms with Gasteiger partial charge in [-0.25, -0.2) is 8.78 Å². The molecule has 1 aromatic heterocycles. The molecule has 4 nitrogen and oxygen atoms in total. The number of nitriles is 1. The molecule has 15 heavy (non-hydrogen) atoms. The Morgan fingerprint density at radius 3 is 2.73 bits per heavy atom. The van der Waals surface area contributed by atoms with Crippen molar-refractivity contribution in [1.82, 2.24) is 4.98 Å². The lowest BCUT2D eigenvalue weighted by Crippen LogP contribution is -2.08. The van der Waals surface area contributed by atoms with E-state index < -0.39 is 17.7 Å². The molecule has 78 valence electrons. The molecule has 0 atom stereocenters. The van der Waals surface area contributed by atoms with Crippen LogP contribution in [0.15, 0.2) is 6.20 Å². The van der Waals surface area contributed by atoms with Crippen LogP contribution in [0.4, 0.5) is 8.78 Å². The van der Waals surface area contributed by atoms with Gasteiger partial charge in [0, 0.05) is 18.3 Å². The van der Waals surface area contributed by atoms with Crippen LogP contribution in [0.1, 0.15) is 33.6 Å². The van der Waals surface area contributed by atoms with Crippen molar-refractivity contribution in [2.75, 3.05) is 0 Å². The third-order valence-corrected chi connectivity index (χ3v) is 1.89. The molecule has 0 fully saturated rings. The van der Waals surface area contributed by atoms with E-state index in [0.29, 0.717) is 6.29 Å². The van der Waals surface area contributed by atoms with Crippen LogP contribution in [0.5, 0.6) is 0 Å². The minimum atomic E-state index is -2.88. The summed E-state index contributed by atoms with van der Waals surface area (Å²) in [5.74, 6) is 0. The molecule has 0 aromatic carbocycles. The Hall–Kier alpha value is -1.87. The van der Waals surface area contributed by atoms with Crippen LogP contribution in [-0.4, -0.2) is 11.3 Å². The molecule has 6 heteroatoms. The SMILES string of the molecule is N#Cc1c(C(F)F)ncc(CN)c1C=O. The summed E-state index contributed by atoms with van der Waals surface area (Å²) in [4.78, 5) is 14.1. The summed E-state index contributed by atoms with van der Waals surface area (Å²) in [5, 5.41) is 8.68. The molecular weight excluding hydrogens is 204 g/mol. The summed E-state index contributed by atoms with van der Waals surface area (Å²) in [6.07, 6.45) is -1.45. The maximum Gasteiger partial charge on any atom is 0.281 e. The second-order valence-electron chi connectivity index (χ2n) is 2.69. The van der Waals surface area contributed by atoms with E-state index in [2.05, 4.69) is 4.98 Å². The fourth-order valence-electron chi connectivity index (χ4n) is 1.16. The van der Waals surface area contributed by atoms with E-state index in [9.17, 15) is 13.6 Å². The molecule has 0 saturated carbocycles. The highest BCUT2D eigenvalue weighted by Crippen LogP contribution is 2.23. The number of alkyl halides is 2. The minimum absolute atomic E-state index is 0.0285. The van der Waals surface area contributed by atoms with E-state index in [4.69, 9.17) is 11.0 Å². The number of hydrogen-bond donors (Lipinski definition) is 1. The molecule has 2 N–H and O–H groups in total. The van der Waals surface area contributed by atoms with Gasteiger partial charge in [-0.1, -0.05) is 0 Å². The number of nitrogens with two attached hydrogens (primary N) is 1. The monoisotopic (exact) mass is 211 g/mol. The van der Waals surface area contributed by atoms with Crippen LogP contribution < -0.4 is 5.73 Å². The molecule has 0 aliphatic carbocycles. The normalized spacial score (nSPS) is 10.1. The van der Waals surface area contributed by atoms with Crippen molar-refractivity contribution in [3.8, 4) is 6.07 Å². The summed E-state index contributed by atoms with van der Waals surface area (Å²) in [5.41, 5.74) is 4.37. The van der Waals surface area contributed by atoms with Gasteiger partial charge in [-0.3, -0.25) is 9.78 Å².